The van der Waals surface area contributed by atoms with Crippen LogP contribution in [-0.4, -0.2) is 37.1 Å². The fraction of sp³-hybridized carbons (Fsp3) is 0.316. The molecule has 0 radical (unpaired) electrons. The molecule has 1 N–H and O–H groups in total. The highest BCUT2D eigenvalue weighted by atomic mass is 35.5. The molecule has 0 saturated carbocycles. The van der Waals surface area contributed by atoms with Crippen molar-refractivity contribution in [3.63, 3.8) is 0 Å². The zero-order valence-corrected chi connectivity index (χ0v) is 17.0. The lowest BCUT2D eigenvalue weighted by molar-refractivity contribution is 0.0467. The monoisotopic (exact) mass is 414 g/mol. The third-order valence-corrected chi connectivity index (χ3v) is 5.10. The summed E-state index contributed by atoms with van der Waals surface area (Å²) in [5, 5.41) is 4.17. The minimum absolute atomic E-state index is 0.295. The fourth-order valence-corrected chi connectivity index (χ4v) is 3.05. The highest BCUT2D eigenvalue weighted by Crippen LogP contribution is 2.38. The lowest BCUT2D eigenvalue weighted by atomic mass is 10.1. The number of nitrogens with one attached hydrogen (secondary N) is 1. The molecule has 0 aromatic heterocycles. The Bertz CT molecular complexity index is 764. The molecule has 0 aliphatic heterocycles. The minimum Gasteiger partial charge on any atom is -0.461 e. The molecule has 0 fully saturated rings. The Hall–Kier alpha value is -1.46. The van der Waals surface area contributed by atoms with Crippen molar-refractivity contribution in [3.8, 4) is 0 Å². The molecule has 2 aromatic carbocycles. The van der Waals surface area contributed by atoms with Crippen LogP contribution in [0.2, 0.25) is 15.1 Å². The maximum Gasteiger partial charge on any atom is 0.340 e. The van der Waals surface area contributed by atoms with E-state index < -0.39 is 5.97 Å². The number of esters is 1. The van der Waals surface area contributed by atoms with Crippen LogP contribution in [0, 0.1) is 0 Å². The van der Waals surface area contributed by atoms with Gasteiger partial charge in [0.05, 0.1) is 32.0 Å². The first kappa shape index (κ1) is 20.8. The molecule has 0 aliphatic rings. The second kappa shape index (κ2) is 10.0. The molecule has 26 heavy (non-hydrogen) atoms. The van der Waals surface area contributed by atoms with Crippen LogP contribution in [0.5, 0.6) is 0 Å². The second-order valence-corrected chi connectivity index (χ2v) is 6.74. The first-order chi connectivity index (χ1) is 12.5. The van der Waals surface area contributed by atoms with E-state index in [1.807, 2.05) is 0 Å². The van der Waals surface area contributed by atoms with Gasteiger partial charge in [-0.1, -0.05) is 60.8 Å². The van der Waals surface area contributed by atoms with Gasteiger partial charge < -0.3 is 15.0 Å². The molecule has 7 heteroatoms. The molecule has 2 aromatic rings. The maximum atomic E-state index is 12.5. The summed E-state index contributed by atoms with van der Waals surface area (Å²) in [4.78, 5) is 14.7. The first-order valence-corrected chi connectivity index (χ1v) is 9.50. The van der Waals surface area contributed by atoms with Crippen LogP contribution in [0.1, 0.15) is 24.2 Å². The van der Waals surface area contributed by atoms with Gasteiger partial charge in [-0.15, -0.1) is 0 Å². The van der Waals surface area contributed by atoms with Crippen LogP contribution in [0.15, 0.2) is 36.4 Å². The van der Waals surface area contributed by atoms with Gasteiger partial charge in [0.1, 0.15) is 6.61 Å². The van der Waals surface area contributed by atoms with E-state index in [9.17, 15) is 4.79 Å². The van der Waals surface area contributed by atoms with Gasteiger partial charge in [0.15, 0.2) is 0 Å². The summed E-state index contributed by atoms with van der Waals surface area (Å²) in [5.74, 6) is -0.408. The number of likely N-dealkylation sites (N-methyl/N-ethyl adjacent to an activating group) is 1. The van der Waals surface area contributed by atoms with Gasteiger partial charge >= 0.3 is 5.97 Å². The fourth-order valence-electron chi connectivity index (χ4n) is 2.43. The smallest absolute Gasteiger partial charge is 0.340 e. The summed E-state index contributed by atoms with van der Waals surface area (Å²) >= 11 is 18.5. The summed E-state index contributed by atoms with van der Waals surface area (Å²) in [5.41, 5.74) is 1.40. The zero-order valence-electron chi connectivity index (χ0n) is 14.7. The molecule has 0 saturated heterocycles. The Morgan fingerprint density at radius 1 is 1.04 bits per heavy atom. The summed E-state index contributed by atoms with van der Waals surface area (Å²) < 4.78 is 5.41. The van der Waals surface area contributed by atoms with Crippen molar-refractivity contribution in [2.24, 2.45) is 0 Å². The van der Waals surface area contributed by atoms with Gasteiger partial charge in [-0.25, -0.2) is 4.79 Å². The van der Waals surface area contributed by atoms with Gasteiger partial charge in [-0.3, -0.25) is 0 Å². The summed E-state index contributed by atoms with van der Waals surface area (Å²) in [7, 11) is 0. The van der Waals surface area contributed by atoms with Crippen LogP contribution < -0.4 is 5.32 Å². The van der Waals surface area contributed by atoms with Crippen LogP contribution in [-0.2, 0) is 4.74 Å². The Labute approximate surface area is 169 Å². The van der Waals surface area contributed by atoms with Crippen molar-refractivity contribution in [2.75, 3.05) is 31.6 Å². The lowest BCUT2D eigenvalue weighted by Gasteiger charge is -2.18. The summed E-state index contributed by atoms with van der Waals surface area (Å²) in [6.45, 7) is 7.00. The molecule has 140 valence electrons. The Balaban J connectivity index is 2.15. The van der Waals surface area contributed by atoms with E-state index in [0.29, 0.717) is 45.2 Å². The molecular weight excluding hydrogens is 395 g/mol. The Kier molecular flexibility index (Phi) is 8.04. The molecule has 0 bridgehead atoms. The topological polar surface area (TPSA) is 41.6 Å². The Morgan fingerprint density at radius 2 is 1.69 bits per heavy atom. The number of rotatable bonds is 8. The van der Waals surface area contributed by atoms with Gasteiger partial charge in [-0.05, 0) is 37.4 Å². The number of nitrogens with zero attached hydrogens (tertiary/aromatic N) is 1. The predicted molar refractivity (Wildman–Crippen MR) is 109 cm³/mol. The van der Waals surface area contributed by atoms with Crippen LogP contribution in [0.3, 0.4) is 0 Å². The molecule has 4 nitrogen and oxygen atoms in total. The molecular formula is C19H21Cl3N2O2. The number of hydrogen-bond donors (Lipinski definition) is 1. The molecule has 0 atom stereocenters. The number of anilines is 2. The molecule has 2 rings (SSSR count). The molecule has 0 amide bonds. The van der Waals surface area contributed by atoms with Crippen LogP contribution in [0.4, 0.5) is 11.4 Å². The summed E-state index contributed by atoms with van der Waals surface area (Å²) in [6, 6.07) is 10.3. The highest BCUT2D eigenvalue weighted by Gasteiger charge is 2.16. The number of carbonyl (C=O) groups excluding carboxylic acids is 1. The van der Waals surface area contributed by atoms with E-state index in [1.165, 1.54) is 0 Å². The standard InChI is InChI=1S/C19H21Cl3N2O2/c1-3-24(4-2)11-12-26-19(25)13-7-5-6-8-16(13)23-18-15(21)10-9-14(20)17(18)22/h5-10,23H,3-4,11-12H2,1-2H3. The normalized spacial score (nSPS) is 10.8. The molecule has 0 spiro atoms. The van der Waals surface area contributed by atoms with Crippen molar-refractivity contribution in [1.29, 1.82) is 0 Å². The molecule has 0 unspecified atom stereocenters. The average Bonchev–Trinajstić information content (AvgIpc) is 2.65. The third kappa shape index (κ3) is 5.27. The van der Waals surface area contributed by atoms with Crippen molar-refractivity contribution >= 4 is 52.1 Å². The maximum absolute atomic E-state index is 12.5. The van der Waals surface area contributed by atoms with E-state index >= 15 is 0 Å². The van der Waals surface area contributed by atoms with Crippen molar-refractivity contribution in [2.45, 2.75) is 13.8 Å². The highest BCUT2D eigenvalue weighted by molar-refractivity contribution is 6.46. The van der Waals surface area contributed by atoms with Crippen LogP contribution >= 0.6 is 34.8 Å². The van der Waals surface area contributed by atoms with Gasteiger partial charge in [-0.2, -0.15) is 0 Å². The van der Waals surface area contributed by atoms with Crippen molar-refractivity contribution in [3.05, 3.63) is 57.0 Å². The van der Waals surface area contributed by atoms with Gasteiger partial charge in [0, 0.05) is 6.54 Å². The quantitative estimate of drug-likeness (QED) is 0.431. The van der Waals surface area contributed by atoms with E-state index in [1.54, 1.807) is 36.4 Å². The van der Waals surface area contributed by atoms with Gasteiger partial charge in [0.2, 0.25) is 0 Å². The van der Waals surface area contributed by atoms with E-state index in [-0.39, 0.29) is 0 Å². The van der Waals surface area contributed by atoms with Gasteiger partial charge in [0.25, 0.3) is 0 Å². The number of carbonyl (C=O) groups is 1. The van der Waals surface area contributed by atoms with Crippen molar-refractivity contribution < 1.29 is 9.53 Å². The number of para-hydroxylation sites is 1. The number of halogens is 3. The number of benzene rings is 2. The number of hydrogen-bond acceptors (Lipinski definition) is 4. The summed E-state index contributed by atoms with van der Waals surface area (Å²) in [6.07, 6.45) is 0. The first-order valence-electron chi connectivity index (χ1n) is 8.36. The minimum atomic E-state index is -0.408. The molecule has 0 heterocycles. The predicted octanol–water partition coefficient (Wildman–Crippen LogP) is 5.89. The van der Waals surface area contributed by atoms with E-state index in [2.05, 4.69) is 24.1 Å². The SMILES string of the molecule is CCN(CC)CCOC(=O)c1ccccc1Nc1c(Cl)ccc(Cl)c1Cl. The average molecular weight is 416 g/mol. The van der Waals surface area contributed by atoms with E-state index in [4.69, 9.17) is 39.5 Å². The molecule has 0 aliphatic carbocycles. The third-order valence-electron chi connectivity index (χ3n) is 3.99. The lowest BCUT2D eigenvalue weighted by Crippen LogP contribution is -2.28. The van der Waals surface area contributed by atoms with E-state index in [0.717, 1.165) is 13.1 Å². The largest absolute Gasteiger partial charge is 0.461 e. The zero-order chi connectivity index (χ0) is 19.1. The second-order valence-electron chi connectivity index (χ2n) is 5.55. The van der Waals surface area contributed by atoms with Crippen molar-refractivity contribution in [1.82, 2.24) is 4.90 Å². The Morgan fingerprint density at radius 3 is 2.38 bits per heavy atom. The van der Waals surface area contributed by atoms with Crippen LogP contribution in [0.25, 0.3) is 0 Å². The number of ether oxygens (including phenoxy) is 1.